The first-order valence-electron chi connectivity index (χ1n) is 21.5. The molecule has 2 aliphatic rings. The van der Waals surface area contributed by atoms with Crippen LogP contribution in [0.1, 0.15) is 71.5 Å². The fourth-order valence-electron chi connectivity index (χ4n) is 7.50. The van der Waals surface area contributed by atoms with Crippen LogP contribution in [0.15, 0.2) is 80.5 Å². The number of unbranched alkanes of at least 4 members (excludes halogenated alkanes) is 2. The van der Waals surface area contributed by atoms with Gasteiger partial charge in [0.25, 0.3) is 0 Å². The standard InChI is InChI=1S/2C22H26F3N5O2S/c2*1-15-19(32-14-26-15)20-27-28-21(29(20)2)33-12-4-3-9-30-10-11-31-18(13-30)16-5-7-17(8-6-16)22(23,24)25/h2*5-8,14,18H,3-4,9-13H2,1-2H3/t2*18-/m10/s1. The lowest BCUT2D eigenvalue weighted by molar-refractivity contribution is -0.138. The SMILES string of the molecule is Cc1ncoc1-c1nnc(SCCCCN2CCO[C@@H](c3ccc(C(F)(F)F)cc3)C2)n1C.Cc1ncoc1-c1nnc(SCCCCN2CCO[C@H](c3ccc(C(F)(F)F)cc3)C2)n1C. The molecule has 2 aliphatic heterocycles. The highest BCUT2D eigenvalue weighted by atomic mass is 32.2. The maximum absolute atomic E-state index is 12.8. The number of hydrogen-bond donors (Lipinski definition) is 0. The molecule has 0 bridgehead atoms. The maximum atomic E-state index is 12.8. The topological polar surface area (TPSA) is 138 Å². The van der Waals surface area contributed by atoms with E-state index in [1.807, 2.05) is 37.1 Å². The molecule has 0 N–H and O–H groups in total. The Morgan fingerprint density at radius 1 is 0.576 bits per heavy atom. The van der Waals surface area contributed by atoms with Gasteiger partial charge in [0.1, 0.15) is 0 Å². The van der Waals surface area contributed by atoms with E-state index in [1.165, 1.54) is 37.1 Å². The summed E-state index contributed by atoms with van der Waals surface area (Å²) in [6.45, 7) is 9.74. The monoisotopic (exact) mass is 962 g/mol. The molecule has 2 saturated heterocycles. The molecule has 6 heterocycles. The van der Waals surface area contributed by atoms with E-state index in [0.717, 1.165) is 120 Å². The summed E-state index contributed by atoms with van der Waals surface area (Å²) in [6.07, 6.45) is -2.20. The van der Waals surface area contributed by atoms with Gasteiger partial charge < -0.3 is 27.4 Å². The molecule has 22 heteroatoms. The van der Waals surface area contributed by atoms with Gasteiger partial charge in [-0.25, -0.2) is 9.97 Å². The highest BCUT2D eigenvalue weighted by Crippen LogP contribution is 2.33. The summed E-state index contributed by atoms with van der Waals surface area (Å²) in [5.41, 5.74) is 1.85. The number of oxazole rings is 2. The molecule has 0 radical (unpaired) electrons. The lowest BCUT2D eigenvalue weighted by Gasteiger charge is -2.33. The average molecular weight is 963 g/mol. The summed E-state index contributed by atoms with van der Waals surface area (Å²) in [5, 5.41) is 18.6. The molecule has 2 atom stereocenters. The Morgan fingerprint density at radius 3 is 1.32 bits per heavy atom. The smallest absolute Gasteiger partial charge is 0.416 e. The number of aromatic nitrogens is 8. The number of alkyl halides is 6. The first kappa shape index (κ1) is 49.2. The van der Waals surface area contributed by atoms with Gasteiger partial charge in [-0.3, -0.25) is 9.80 Å². The van der Waals surface area contributed by atoms with Crippen LogP contribution < -0.4 is 0 Å². The minimum absolute atomic E-state index is 0.202. The minimum Gasteiger partial charge on any atom is -0.440 e. The summed E-state index contributed by atoms with van der Waals surface area (Å²) >= 11 is 3.30. The largest absolute Gasteiger partial charge is 0.440 e. The molecule has 0 saturated carbocycles. The Hall–Kier alpha value is -4.74. The fraction of sp³-hybridized carbons (Fsp3) is 0.500. The number of nitrogens with zero attached hydrogens (tertiary/aromatic N) is 10. The predicted octanol–water partition coefficient (Wildman–Crippen LogP) is 9.49. The van der Waals surface area contributed by atoms with Gasteiger partial charge in [0, 0.05) is 51.8 Å². The third-order valence-corrected chi connectivity index (χ3v) is 13.5. The van der Waals surface area contributed by atoms with Crippen LogP contribution in [0.25, 0.3) is 23.2 Å². The number of rotatable bonds is 16. The van der Waals surface area contributed by atoms with Gasteiger partial charge >= 0.3 is 12.4 Å². The van der Waals surface area contributed by atoms with Crippen molar-refractivity contribution in [1.82, 2.24) is 49.3 Å². The predicted molar refractivity (Wildman–Crippen MR) is 236 cm³/mol. The van der Waals surface area contributed by atoms with Gasteiger partial charge in [0.05, 0.1) is 47.9 Å². The molecule has 6 aromatic rings. The molecule has 66 heavy (non-hydrogen) atoms. The fourth-order valence-corrected chi connectivity index (χ4v) is 9.32. The van der Waals surface area contributed by atoms with E-state index < -0.39 is 23.5 Å². The van der Waals surface area contributed by atoms with Crippen molar-refractivity contribution < 1.29 is 44.7 Å². The first-order chi connectivity index (χ1) is 31.7. The van der Waals surface area contributed by atoms with E-state index in [4.69, 9.17) is 18.3 Å². The van der Waals surface area contributed by atoms with E-state index in [1.54, 1.807) is 23.5 Å². The average Bonchev–Trinajstić information content (AvgIpc) is 4.10. The van der Waals surface area contributed by atoms with Crippen molar-refractivity contribution in [1.29, 1.82) is 0 Å². The Balaban J connectivity index is 0.000000196. The van der Waals surface area contributed by atoms with E-state index >= 15 is 0 Å². The number of benzene rings is 2. The van der Waals surface area contributed by atoms with Crippen molar-refractivity contribution >= 4 is 23.5 Å². The number of aryl methyl sites for hydroxylation is 2. The molecule has 2 aromatic carbocycles. The van der Waals surface area contributed by atoms with E-state index in [0.29, 0.717) is 49.5 Å². The lowest BCUT2D eigenvalue weighted by atomic mass is 10.0. The number of morpholine rings is 2. The zero-order chi connectivity index (χ0) is 46.8. The second-order valence-corrected chi connectivity index (χ2v) is 18.1. The number of thioether (sulfide) groups is 2. The minimum atomic E-state index is -4.32. The Morgan fingerprint density at radius 2 is 0.970 bits per heavy atom. The lowest BCUT2D eigenvalue weighted by Crippen LogP contribution is -2.38. The number of ether oxygens (including phenoxy) is 2. The molecular weight excluding hydrogens is 911 g/mol. The van der Waals surface area contributed by atoms with Crippen molar-refractivity contribution in [3.8, 4) is 23.2 Å². The highest BCUT2D eigenvalue weighted by molar-refractivity contribution is 7.99. The molecule has 4 aromatic heterocycles. The van der Waals surface area contributed by atoms with Crippen LogP contribution in [-0.4, -0.2) is 113 Å². The van der Waals surface area contributed by atoms with E-state index in [9.17, 15) is 26.3 Å². The molecular formula is C44H52F6N10O4S2. The highest BCUT2D eigenvalue weighted by Gasteiger charge is 2.32. The molecule has 0 unspecified atom stereocenters. The second kappa shape index (κ2) is 22.4. The van der Waals surface area contributed by atoms with Crippen molar-refractivity contribution in [2.45, 2.75) is 74.4 Å². The van der Waals surface area contributed by atoms with E-state index in [-0.39, 0.29) is 12.2 Å². The Labute approximate surface area is 386 Å². The number of halogens is 6. The molecule has 14 nitrogen and oxygen atoms in total. The van der Waals surface area contributed by atoms with Crippen LogP contribution in [0.4, 0.5) is 26.3 Å². The third kappa shape index (κ3) is 12.8. The van der Waals surface area contributed by atoms with Crippen LogP contribution in [0.5, 0.6) is 0 Å². The quantitative estimate of drug-likeness (QED) is 0.0517. The molecule has 356 valence electrons. The Bertz CT molecular complexity index is 2270. The van der Waals surface area contributed by atoms with Crippen LogP contribution in [0.3, 0.4) is 0 Å². The van der Waals surface area contributed by atoms with Gasteiger partial charge in [-0.1, -0.05) is 47.8 Å². The van der Waals surface area contributed by atoms with Gasteiger partial charge in [-0.15, -0.1) is 20.4 Å². The number of hydrogen-bond acceptors (Lipinski definition) is 14. The van der Waals surface area contributed by atoms with Gasteiger partial charge in [0.15, 0.2) is 34.6 Å². The summed E-state index contributed by atoms with van der Waals surface area (Å²) < 4.78 is 103. The van der Waals surface area contributed by atoms with Crippen LogP contribution in [-0.2, 0) is 35.9 Å². The first-order valence-corrected chi connectivity index (χ1v) is 23.5. The molecule has 0 spiro atoms. The molecule has 0 amide bonds. The third-order valence-electron chi connectivity index (χ3n) is 11.3. The summed E-state index contributed by atoms with van der Waals surface area (Å²) in [4.78, 5) is 12.8. The van der Waals surface area contributed by atoms with Crippen molar-refractivity contribution in [3.63, 3.8) is 0 Å². The molecule has 0 aliphatic carbocycles. The van der Waals surface area contributed by atoms with Crippen LogP contribution in [0, 0.1) is 13.8 Å². The molecule has 2 fully saturated rings. The second-order valence-electron chi connectivity index (χ2n) is 15.9. The normalized spacial score (nSPS) is 17.5. The zero-order valence-corrected chi connectivity index (χ0v) is 38.7. The summed E-state index contributed by atoms with van der Waals surface area (Å²) in [7, 11) is 3.82. The Kier molecular flexibility index (Phi) is 16.7. The van der Waals surface area contributed by atoms with Gasteiger partial charge in [-0.2, -0.15) is 26.3 Å². The summed E-state index contributed by atoms with van der Waals surface area (Å²) in [6, 6.07) is 10.6. The van der Waals surface area contributed by atoms with Crippen molar-refractivity contribution in [3.05, 3.63) is 95.0 Å². The van der Waals surface area contributed by atoms with Crippen LogP contribution in [0.2, 0.25) is 0 Å². The maximum Gasteiger partial charge on any atom is 0.416 e. The van der Waals surface area contributed by atoms with Gasteiger partial charge in [-0.05, 0) is 88.0 Å². The van der Waals surface area contributed by atoms with Gasteiger partial charge in [0.2, 0.25) is 11.6 Å². The van der Waals surface area contributed by atoms with Crippen molar-refractivity contribution in [2.24, 2.45) is 14.1 Å². The van der Waals surface area contributed by atoms with Crippen molar-refractivity contribution in [2.75, 3.05) is 64.0 Å². The zero-order valence-electron chi connectivity index (χ0n) is 37.0. The van der Waals surface area contributed by atoms with E-state index in [2.05, 4.69) is 40.2 Å². The molecule has 8 rings (SSSR count). The summed E-state index contributed by atoms with van der Waals surface area (Å²) in [5.74, 6) is 4.41. The van der Waals surface area contributed by atoms with Crippen LogP contribution >= 0.6 is 23.5 Å².